The Balaban J connectivity index is 2.53. The second-order valence-electron chi connectivity index (χ2n) is 3.86. The molecule has 16 heavy (non-hydrogen) atoms. The molecule has 6 nitrogen and oxygen atoms in total. The van der Waals surface area contributed by atoms with E-state index in [9.17, 15) is 8.42 Å². The molecule has 1 saturated heterocycles. The molecule has 0 aromatic heterocycles. The van der Waals surface area contributed by atoms with Crippen molar-refractivity contribution in [2.45, 2.75) is 6.42 Å². The molecular formula is C9H20N2O4S. The van der Waals surface area contributed by atoms with Gasteiger partial charge in [0.2, 0.25) is 10.0 Å². The van der Waals surface area contributed by atoms with Crippen molar-refractivity contribution in [1.29, 1.82) is 0 Å². The zero-order valence-corrected chi connectivity index (χ0v) is 10.2. The van der Waals surface area contributed by atoms with Gasteiger partial charge in [-0.25, -0.2) is 12.7 Å². The topological polar surface area (TPSA) is 81.1 Å². The van der Waals surface area contributed by atoms with E-state index in [2.05, 4.69) is 4.90 Å². The van der Waals surface area contributed by atoms with E-state index in [4.69, 9.17) is 10.2 Å². The van der Waals surface area contributed by atoms with Crippen LogP contribution in [0.2, 0.25) is 0 Å². The number of nitrogens with zero attached hydrogens (tertiary/aromatic N) is 2. The van der Waals surface area contributed by atoms with E-state index in [0.717, 1.165) is 13.0 Å². The summed E-state index contributed by atoms with van der Waals surface area (Å²) >= 11 is 0. The quantitative estimate of drug-likeness (QED) is 0.610. The third-order valence-electron chi connectivity index (χ3n) is 2.71. The molecule has 0 atom stereocenters. The Kier molecular flexibility index (Phi) is 5.63. The fourth-order valence-electron chi connectivity index (χ4n) is 1.83. The molecule has 0 amide bonds. The van der Waals surface area contributed by atoms with Crippen LogP contribution in [0, 0.1) is 0 Å². The summed E-state index contributed by atoms with van der Waals surface area (Å²) in [5.74, 6) is -0.201. The van der Waals surface area contributed by atoms with Gasteiger partial charge >= 0.3 is 0 Å². The van der Waals surface area contributed by atoms with Crippen molar-refractivity contribution in [3.63, 3.8) is 0 Å². The molecule has 96 valence electrons. The first kappa shape index (κ1) is 13.9. The molecule has 0 unspecified atom stereocenters. The molecular weight excluding hydrogens is 232 g/mol. The third-order valence-corrected chi connectivity index (χ3v) is 4.56. The molecule has 0 bridgehead atoms. The van der Waals surface area contributed by atoms with Crippen molar-refractivity contribution >= 4 is 10.0 Å². The fraction of sp³-hybridized carbons (Fsp3) is 1.00. The van der Waals surface area contributed by atoms with Crippen LogP contribution >= 0.6 is 0 Å². The summed E-state index contributed by atoms with van der Waals surface area (Å²) in [6.07, 6.45) is 0.769. The van der Waals surface area contributed by atoms with Crippen molar-refractivity contribution in [2.75, 3.05) is 51.7 Å². The Morgan fingerprint density at radius 1 is 1.00 bits per heavy atom. The maximum atomic E-state index is 11.7. The van der Waals surface area contributed by atoms with Gasteiger partial charge in [-0.15, -0.1) is 0 Å². The SMILES string of the molecule is O=S(=O)(CCO)N1CCCN(CCO)CC1. The summed E-state index contributed by atoms with van der Waals surface area (Å²) in [4.78, 5) is 2.05. The van der Waals surface area contributed by atoms with Crippen molar-refractivity contribution in [1.82, 2.24) is 9.21 Å². The molecule has 7 heteroatoms. The van der Waals surface area contributed by atoms with Gasteiger partial charge < -0.3 is 10.2 Å². The first-order valence-corrected chi connectivity index (χ1v) is 7.13. The van der Waals surface area contributed by atoms with Crippen LogP contribution in [0.1, 0.15) is 6.42 Å². The molecule has 0 aromatic carbocycles. The van der Waals surface area contributed by atoms with E-state index in [1.807, 2.05) is 0 Å². The molecule has 0 radical (unpaired) electrons. The highest BCUT2D eigenvalue weighted by Crippen LogP contribution is 2.08. The largest absolute Gasteiger partial charge is 0.395 e. The van der Waals surface area contributed by atoms with Crippen LogP contribution in [0.5, 0.6) is 0 Å². The number of aliphatic hydroxyl groups is 2. The van der Waals surface area contributed by atoms with Gasteiger partial charge in [0.15, 0.2) is 0 Å². The molecule has 0 saturated carbocycles. The van der Waals surface area contributed by atoms with Gasteiger partial charge in [-0.1, -0.05) is 0 Å². The fourth-order valence-corrected chi connectivity index (χ4v) is 3.09. The normalized spacial score (nSPS) is 20.9. The zero-order chi connectivity index (χ0) is 12.0. The van der Waals surface area contributed by atoms with E-state index < -0.39 is 10.0 Å². The van der Waals surface area contributed by atoms with Crippen LogP contribution in [-0.2, 0) is 10.0 Å². The van der Waals surface area contributed by atoms with Gasteiger partial charge in [-0.05, 0) is 13.0 Å². The number of hydrogen-bond acceptors (Lipinski definition) is 5. The number of sulfonamides is 1. The molecule has 1 rings (SSSR count). The lowest BCUT2D eigenvalue weighted by molar-refractivity contribution is 0.202. The van der Waals surface area contributed by atoms with E-state index in [1.165, 1.54) is 4.31 Å². The highest BCUT2D eigenvalue weighted by molar-refractivity contribution is 7.89. The lowest BCUT2D eigenvalue weighted by atomic mass is 10.4. The van der Waals surface area contributed by atoms with Crippen LogP contribution in [0.15, 0.2) is 0 Å². The van der Waals surface area contributed by atoms with Gasteiger partial charge in [0.05, 0.1) is 19.0 Å². The summed E-state index contributed by atoms with van der Waals surface area (Å²) in [7, 11) is -3.30. The van der Waals surface area contributed by atoms with Crippen LogP contribution in [0.25, 0.3) is 0 Å². The van der Waals surface area contributed by atoms with Gasteiger partial charge in [-0.3, -0.25) is 4.90 Å². The average molecular weight is 252 g/mol. The minimum atomic E-state index is -3.30. The molecule has 1 aliphatic rings. The number of β-amino-alcohol motifs (C(OH)–C–C–N with tert-alkyl or cyclic N) is 1. The Morgan fingerprint density at radius 3 is 2.38 bits per heavy atom. The van der Waals surface area contributed by atoms with E-state index in [1.54, 1.807) is 0 Å². The number of hydrogen-bond donors (Lipinski definition) is 2. The average Bonchev–Trinajstić information content (AvgIpc) is 2.44. The lowest BCUT2D eigenvalue weighted by Crippen LogP contribution is -2.37. The van der Waals surface area contributed by atoms with Crippen LogP contribution in [0.3, 0.4) is 0 Å². The van der Waals surface area contributed by atoms with E-state index in [-0.39, 0.29) is 19.0 Å². The maximum Gasteiger partial charge on any atom is 0.216 e. The van der Waals surface area contributed by atoms with Gasteiger partial charge in [0.25, 0.3) is 0 Å². The monoisotopic (exact) mass is 252 g/mol. The lowest BCUT2D eigenvalue weighted by Gasteiger charge is -2.20. The summed E-state index contributed by atoms with van der Waals surface area (Å²) in [6, 6.07) is 0. The van der Waals surface area contributed by atoms with Crippen LogP contribution < -0.4 is 0 Å². The van der Waals surface area contributed by atoms with Crippen LogP contribution in [-0.4, -0.2) is 79.5 Å². The molecule has 1 aliphatic heterocycles. The molecule has 0 aliphatic carbocycles. The molecule has 1 heterocycles. The van der Waals surface area contributed by atoms with Gasteiger partial charge in [0, 0.05) is 26.2 Å². The molecule has 0 spiro atoms. The minimum absolute atomic E-state index is 0.101. The smallest absolute Gasteiger partial charge is 0.216 e. The van der Waals surface area contributed by atoms with Crippen LogP contribution in [0.4, 0.5) is 0 Å². The highest BCUT2D eigenvalue weighted by Gasteiger charge is 2.24. The first-order valence-electron chi connectivity index (χ1n) is 5.52. The molecule has 2 N–H and O–H groups in total. The molecule has 0 aromatic rings. The standard InChI is InChI=1S/C9H20N2O4S/c12-7-6-10-2-1-3-11(5-4-10)16(14,15)9-8-13/h12-13H,1-9H2. The number of rotatable bonds is 5. The zero-order valence-electron chi connectivity index (χ0n) is 9.38. The summed E-state index contributed by atoms with van der Waals surface area (Å²) in [5, 5.41) is 17.5. The minimum Gasteiger partial charge on any atom is -0.395 e. The summed E-state index contributed by atoms with van der Waals surface area (Å²) in [5.41, 5.74) is 0. The van der Waals surface area contributed by atoms with Crippen molar-refractivity contribution in [2.24, 2.45) is 0 Å². The Hall–Kier alpha value is -0.210. The highest BCUT2D eigenvalue weighted by atomic mass is 32.2. The predicted octanol–water partition coefficient (Wildman–Crippen LogP) is -1.69. The third kappa shape index (κ3) is 3.99. The molecule has 1 fully saturated rings. The van der Waals surface area contributed by atoms with Crippen molar-refractivity contribution in [3.05, 3.63) is 0 Å². The van der Waals surface area contributed by atoms with Crippen molar-refractivity contribution < 1.29 is 18.6 Å². The Labute approximate surface area is 96.5 Å². The predicted molar refractivity (Wildman–Crippen MR) is 60.6 cm³/mol. The second kappa shape index (κ2) is 6.51. The summed E-state index contributed by atoms with van der Waals surface area (Å²) in [6.45, 7) is 2.76. The summed E-state index contributed by atoms with van der Waals surface area (Å²) < 4.78 is 24.8. The maximum absolute atomic E-state index is 11.7. The van der Waals surface area contributed by atoms with Gasteiger partial charge in [-0.2, -0.15) is 0 Å². The Bertz CT molecular complexity index is 294. The van der Waals surface area contributed by atoms with Crippen molar-refractivity contribution in [3.8, 4) is 0 Å². The van der Waals surface area contributed by atoms with E-state index >= 15 is 0 Å². The Morgan fingerprint density at radius 2 is 1.75 bits per heavy atom. The van der Waals surface area contributed by atoms with E-state index in [0.29, 0.717) is 26.2 Å². The number of aliphatic hydroxyl groups excluding tert-OH is 2. The van der Waals surface area contributed by atoms with Gasteiger partial charge in [0.1, 0.15) is 0 Å². The second-order valence-corrected chi connectivity index (χ2v) is 5.95. The first-order chi connectivity index (χ1) is 7.60.